The molecule has 8 nitrogen and oxygen atoms in total. The van der Waals surface area contributed by atoms with E-state index >= 15 is 0 Å². The molecule has 1 aromatic heterocycles. The molecule has 0 aliphatic rings. The summed E-state index contributed by atoms with van der Waals surface area (Å²) >= 11 is 6.21. The lowest BCUT2D eigenvalue weighted by Crippen LogP contribution is -2.19. The second-order valence-corrected chi connectivity index (χ2v) is 7.90. The number of methoxy groups -OCH3 is 2. The molecule has 0 amide bonds. The number of nitrogens with zero attached hydrogens (tertiary/aromatic N) is 2. The molecule has 27 heavy (non-hydrogen) atoms. The average Bonchev–Trinajstić information content (AvgIpc) is 2.85. The van der Waals surface area contributed by atoms with Gasteiger partial charge in [0, 0.05) is 20.2 Å². The number of imidazole rings is 1. The number of fused-ring (bicyclic) bond motifs is 1. The van der Waals surface area contributed by atoms with Gasteiger partial charge in [0.05, 0.1) is 36.0 Å². The van der Waals surface area contributed by atoms with Gasteiger partial charge >= 0.3 is 5.69 Å². The Bertz CT molecular complexity index is 1200. The number of rotatable bonds is 5. The third kappa shape index (κ3) is 3.24. The van der Waals surface area contributed by atoms with Crippen molar-refractivity contribution < 1.29 is 17.9 Å². The highest BCUT2D eigenvalue weighted by Crippen LogP contribution is 2.33. The first-order chi connectivity index (χ1) is 12.7. The number of ether oxygens (including phenoxy) is 2. The second kappa shape index (κ2) is 6.82. The van der Waals surface area contributed by atoms with E-state index in [1.54, 1.807) is 26.2 Å². The molecule has 0 radical (unpaired) electrons. The van der Waals surface area contributed by atoms with Crippen molar-refractivity contribution in [1.82, 2.24) is 9.13 Å². The molecule has 0 bridgehead atoms. The van der Waals surface area contributed by atoms with Gasteiger partial charge in [-0.1, -0.05) is 11.6 Å². The van der Waals surface area contributed by atoms with Crippen molar-refractivity contribution >= 4 is 38.3 Å². The van der Waals surface area contributed by atoms with Crippen molar-refractivity contribution in [2.75, 3.05) is 18.9 Å². The van der Waals surface area contributed by atoms with Gasteiger partial charge < -0.3 is 9.47 Å². The largest absolute Gasteiger partial charge is 0.497 e. The molecule has 1 heterocycles. The number of halogens is 1. The van der Waals surface area contributed by atoms with Gasteiger partial charge in [0.2, 0.25) is 0 Å². The quantitative estimate of drug-likeness (QED) is 0.695. The van der Waals surface area contributed by atoms with Crippen molar-refractivity contribution in [3.05, 3.63) is 45.8 Å². The first kappa shape index (κ1) is 19.1. The molecular weight excluding hydrogens is 394 g/mol. The van der Waals surface area contributed by atoms with Crippen LogP contribution in [0.2, 0.25) is 5.02 Å². The number of aromatic nitrogens is 2. The summed E-state index contributed by atoms with van der Waals surface area (Å²) in [6, 6.07) is 7.52. The molecule has 2 aromatic carbocycles. The third-order valence-corrected chi connectivity index (χ3v) is 6.10. The van der Waals surface area contributed by atoms with Crippen LogP contribution in [0.4, 0.5) is 5.69 Å². The Balaban J connectivity index is 2.12. The van der Waals surface area contributed by atoms with E-state index in [0.29, 0.717) is 22.5 Å². The lowest BCUT2D eigenvalue weighted by atomic mass is 10.3. The molecule has 0 atom stereocenters. The Morgan fingerprint density at radius 2 is 1.63 bits per heavy atom. The Morgan fingerprint density at radius 1 is 1.00 bits per heavy atom. The van der Waals surface area contributed by atoms with Gasteiger partial charge in [-0.2, -0.15) is 0 Å². The van der Waals surface area contributed by atoms with E-state index in [1.807, 2.05) is 0 Å². The van der Waals surface area contributed by atoms with E-state index in [9.17, 15) is 13.2 Å². The van der Waals surface area contributed by atoms with Crippen LogP contribution in [0, 0.1) is 0 Å². The fraction of sp³-hybridized carbons (Fsp3) is 0.235. The summed E-state index contributed by atoms with van der Waals surface area (Å²) in [5.74, 6) is 0.816. The zero-order valence-corrected chi connectivity index (χ0v) is 16.7. The van der Waals surface area contributed by atoms with E-state index in [-0.39, 0.29) is 21.3 Å². The van der Waals surface area contributed by atoms with Crippen LogP contribution in [0.1, 0.15) is 0 Å². The highest BCUT2D eigenvalue weighted by Gasteiger charge is 2.23. The first-order valence-corrected chi connectivity index (χ1v) is 9.65. The van der Waals surface area contributed by atoms with Crippen LogP contribution in [0.25, 0.3) is 11.0 Å². The molecule has 0 aliphatic carbocycles. The SMILES string of the molecule is COc1ccc(NS(=O)(=O)c2cc3c(cc2Cl)n(C)c(=O)n3C)c(OC)c1. The molecule has 1 N–H and O–H groups in total. The van der Waals surface area contributed by atoms with Gasteiger partial charge in [0.1, 0.15) is 16.4 Å². The Labute approximate surface area is 160 Å². The summed E-state index contributed by atoms with van der Waals surface area (Å²) in [5.41, 5.74) is 0.944. The number of nitrogens with one attached hydrogen (secondary N) is 1. The van der Waals surface area contributed by atoms with Crippen LogP contribution in [-0.2, 0) is 24.1 Å². The Hall–Kier alpha value is -2.65. The maximum atomic E-state index is 12.9. The molecule has 144 valence electrons. The molecule has 0 saturated carbocycles. The number of sulfonamides is 1. The van der Waals surface area contributed by atoms with Crippen molar-refractivity contribution in [1.29, 1.82) is 0 Å². The fourth-order valence-electron chi connectivity index (χ4n) is 2.79. The average molecular weight is 412 g/mol. The van der Waals surface area contributed by atoms with Crippen LogP contribution in [-0.4, -0.2) is 31.8 Å². The third-order valence-electron chi connectivity index (χ3n) is 4.27. The molecule has 0 fully saturated rings. The van der Waals surface area contributed by atoms with E-state index in [0.717, 1.165) is 0 Å². The van der Waals surface area contributed by atoms with Crippen LogP contribution in [0.5, 0.6) is 11.5 Å². The maximum absolute atomic E-state index is 12.9. The molecular formula is C17H18ClN3O5S. The van der Waals surface area contributed by atoms with Crippen LogP contribution in [0.3, 0.4) is 0 Å². The standard InChI is InChI=1S/C17H18ClN3O5S/c1-20-13-8-11(18)16(9-14(13)21(2)17(20)22)27(23,24)19-12-6-5-10(25-3)7-15(12)26-4/h5-9,19H,1-4H3. The lowest BCUT2D eigenvalue weighted by Gasteiger charge is -2.14. The van der Waals surface area contributed by atoms with E-state index in [4.69, 9.17) is 21.1 Å². The van der Waals surface area contributed by atoms with Gasteiger partial charge in [-0.3, -0.25) is 13.9 Å². The van der Waals surface area contributed by atoms with Crippen LogP contribution >= 0.6 is 11.6 Å². The zero-order chi connectivity index (χ0) is 19.9. The van der Waals surface area contributed by atoms with Crippen molar-refractivity contribution in [2.24, 2.45) is 14.1 Å². The molecule has 10 heteroatoms. The van der Waals surface area contributed by atoms with E-state index < -0.39 is 10.0 Å². The van der Waals surface area contributed by atoms with E-state index in [1.165, 1.54) is 41.6 Å². The van der Waals surface area contributed by atoms with Gasteiger partial charge in [-0.05, 0) is 24.3 Å². The maximum Gasteiger partial charge on any atom is 0.328 e. The lowest BCUT2D eigenvalue weighted by molar-refractivity contribution is 0.395. The minimum Gasteiger partial charge on any atom is -0.497 e. The summed E-state index contributed by atoms with van der Waals surface area (Å²) in [6.45, 7) is 0. The topological polar surface area (TPSA) is 91.6 Å². The van der Waals surface area contributed by atoms with Crippen molar-refractivity contribution in [3.8, 4) is 11.5 Å². The number of benzene rings is 2. The zero-order valence-electron chi connectivity index (χ0n) is 15.1. The fourth-order valence-corrected chi connectivity index (χ4v) is 4.40. The van der Waals surface area contributed by atoms with Gasteiger partial charge in [0.25, 0.3) is 10.0 Å². The number of hydrogen-bond donors (Lipinski definition) is 1. The van der Waals surface area contributed by atoms with Crippen LogP contribution in [0.15, 0.2) is 40.0 Å². The first-order valence-electron chi connectivity index (χ1n) is 7.79. The van der Waals surface area contributed by atoms with Crippen molar-refractivity contribution in [3.63, 3.8) is 0 Å². The molecule has 3 aromatic rings. The predicted molar refractivity (Wildman–Crippen MR) is 104 cm³/mol. The smallest absolute Gasteiger partial charge is 0.328 e. The second-order valence-electron chi connectivity index (χ2n) is 5.84. The highest BCUT2D eigenvalue weighted by molar-refractivity contribution is 7.92. The Morgan fingerprint density at radius 3 is 2.22 bits per heavy atom. The molecule has 0 unspecified atom stereocenters. The normalized spacial score (nSPS) is 11.6. The number of hydrogen-bond acceptors (Lipinski definition) is 5. The summed E-state index contributed by atoms with van der Waals surface area (Å²) in [5, 5.41) is 0.00341. The van der Waals surface area contributed by atoms with Crippen molar-refractivity contribution in [2.45, 2.75) is 4.90 Å². The van der Waals surface area contributed by atoms with Gasteiger partial charge in [-0.25, -0.2) is 13.2 Å². The molecule has 3 rings (SSSR count). The van der Waals surface area contributed by atoms with Crippen LogP contribution < -0.4 is 19.9 Å². The molecule has 0 spiro atoms. The van der Waals surface area contributed by atoms with E-state index in [2.05, 4.69) is 4.72 Å². The van der Waals surface area contributed by atoms with Gasteiger partial charge in [-0.15, -0.1) is 0 Å². The minimum absolute atomic E-state index is 0.00341. The number of aryl methyl sites for hydroxylation is 2. The predicted octanol–water partition coefficient (Wildman–Crippen LogP) is 2.35. The number of anilines is 1. The van der Waals surface area contributed by atoms with Gasteiger partial charge in [0.15, 0.2) is 0 Å². The Kier molecular flexibility index (Phi) is 4.83. The minimum atomic E-state index is -4.04. The highest BCUT2D eigenvalue weighted by atomic mass is 35.5. The monoisotopic (exact) mass is 411 g/mol. The molecule has 0 aliphatic heterocycles. The molecule has 0 saturated heterocycles. The summed E-state index contributed by atoms with van der Waals surface area (Å²) in [4.78, 5) is 11.9. The summed E-state index contributed by atoms with van der Waals surface area (Å²) < 4.78 is 41.4. The summed E-state index contributed by atoms with van der Waals surface area (Å²) in [7, 11) is 2.04. The summed E-state index contributed by atoms with van der Waals surface area (Å²) in [6.07, 6.45) is 0.